The summed E-state index contributed by atoms with van der Waals surface area (Å²) in [5, 5.41) is 7.03. The Hall–Kier alpha value is -3.50. The summed E-state index contributed by atoms with van der Waals surface area (Å²) in [7, 11) is -3.62. The van der Waals surface area contributed by atoms with Crippen LogP contribution in [0.25, 0.3) is 5.69 Å². The van der Waals surface area contributed by atoms with Crippen molar-refractivity contribution in [3.05, 3.63) is 71.5 Å². The Bertz CT molecular complexity index is 1330. The van der Waals surface area contributed by atoms with E-state index in [0.717, 1.165) is 24.9 Å². The molecule has 0 bridgehead atoms. The number of amides is 1. The van der Waals surface area contributed by atoms with Crippen molar-refractivity contribution in [1.82, 2.24) is 14.1 Å². The highest BCUT2D eigenvalue weighted by atomic mass is 32.2. The highest BCUT2D eigenvalue weighted by Crippen LogP contribution is 2.23. The Kier molecular flexibility index (Phi) is 7.32. The van der Waals surface area contributed by atoms with Crippen molar-refractivity contribution in [2.75, 3.05) is 25.0 Å². The molecule has 0 saturated carbocycles. The normalized spacial score (nSPS) is 14.5. The summed E-state index contributed by atoms with van der Waals surface area (Å²) in [4.78, 5) is 25.3. The summed E-state index contributed by atoms with van der Waals surface area (Å²) in [6.45, 7) is 3.94. The molecule has 1 N–H and O–H groups in total. The predicted octanol–water partition coefficient (Wildman–Crippen LogP) is 3.46. The maximum absolute atomic E-state index is 12.9. The fourth-order valence-corrected chi connectivity index (χ4v) is 5.71. The van der Waals surface area contributed by atoms with Gasteiger partial charge < -0.3 is 10.1 Å². The second kappa shape index (κ2) is 10.4. The molecule has 10 heteroatoms. The second-order valence-electron chi connectivity index (χ2n) is 8.41. The highest BCUT2D eigenvalue weighted by Gasteiger charge is 2.26. The van der Waals surface area contributed by atoms with Crippen LogP contribution in [0.3, 0.4) is 0 Å². The first-order valence-electron chi connectivity index (χ1n) is 11.5. The van der Waals surface area contributed by atoms with Gasteiger partial charge in [0.15, 0.2) is 6.61 Å². The van der Waals surface area contributed by atoms with E-state index in [2.05, 4.69) is 10.4 Å². The minimum absolute atomic E-state index is 0.119. The fourth-order valence-electron chi connectivity index (χ4n) is 4.15. The number of aromatic nitrogens is 2. The third-order valence-corrected chi connectivity index (χ3v) is 7.80. The van der Waals surface area contributed by atoms with Crippen molar-refractivity contribution >= 4 is 27.6 Å². The van der Waals surface area contributed by atoms with Gasteiger partial charge in [-0.1, -0.05) is 30.7 Å². The highest BCUT2D eigenvalue weighted by molar-refractivity contribution is 7.89. The molecule has 184 valence electrons. The van der Waals surface area contributed by atoms with Crippen molar-refractivity contribution in [2.24, 2.45) is 0 Å². The molecule has 1 fully saturated rings. The number of anilines is 1. The van der Waals surface area contributed by atoms with Crippen LogP contribution in [0.5, 0.6) is 0 Å². The fraction of sp³-hybridized carbons (Fsp3) is 0.320. The SMILES string of the molecule is Cc1nn(-c2ccccc2)c(C)c1C(=O)OCC(=O)Nc1cccc(S(=O)(=O)N2CCCCC2)c1. The number of benzene rings is 2. The lowest BCUT2D eigenvalue weighted by molar-refractivity contribution is -0.119. The van der Waals surface area contributed by atoms with Gasteiger partial charge in [0, 0.05) is 18.8 Å². The number of ether oxygens (including phenoxy) is 1. The quantitative estimate of drug-likeness (QED) is 0.502. The average molecular weight is 497 g/mol. The topological polar surface area (TPSA) is 111 Å². The van der Waals surface area contributed by atoms with Crippen LogP contribution in [0.1, 0.15) is 41.0 Å². The number of piperidine rings is 1. The number of para-hydroxylation sites is 1. The first kappa shape index (κ1) is 24.6. The van der Waals surface area contributed by atoms with E-state index in [-0.39, 0.29) is 4.90 Å². The number of hydrogen-bond donors (Lipinski definition) is 1. The molecule has 2 aromatic carbocycles. The largest absolute Gasteiger partial charge is 0.452 e. The molecule has 1 aliphatic rings. The predicted molar refractivity (Wildman–Crippen MR) is 131 cm³/mol. The van der Waals surface area contributed by atoms with Crippen LogP contribution in [-0.4, -0.2) is 54.1 Å². The number of esters is 1. The minimum atomic E-state index is -3.62. The van der Waals surface area contributed by atoms with Gasteiger partial charge >= 0.3 is 5.97 Å². The van der Waals surface area contributed by atoms with E-state index in [1.807, 2.05) is 30.3 Å². The van der Waals surface area contributed by atoms with Crippen molar-refractivity contribution in [3.63, 3.8) is 0 Å². The molecule has 4 rings (SSSR count). The van der Waals surface area contributed by atoms with Crippen molar-refractivity contribution in [2.45, 2.75) is 38.0 Å². The molecule has 1 amide bonds. The third kappa shape index (κ3) is 5.44. The number of nitrogens with one attached hydrogen (secondary N) is 1. The third-order valence-electron chi connectivity index (χ3n) is 5.90. The summed E-state index contributed by atoms with van der Waals surface area (Å²) >= 11 is 0. The van der Waals surface area contributed by atoms with E-state index in [0.29, 0.717) is 35.7 Å². The summed E-state index contributed by atoms with van der Waals surface area (Å²) in [5.41, 5.74) is 2.52. The number of sulfonamides is 1. The Balaban J connectivity index is 1.40. The zero-order valence-corrected chi connectivity index (χ0v) is 20.5. The van der Waals surface area contributed by atoms with E-state index < -0.39 is 28.5 Å². The molecule has 3 aromatic rings. The summed E-state index contributed by atoms with van der Waals surface area (Å²) in [6.07, 6.45) is 2.70. The lowest BCUT2D eigenvalue weighted by atomic mass is 10.2. The van der Waals surface area contributed by atoms with E-state index in [1.54, 1.807) is 30.7 Å². The van der Waals surface area contributed by atoms with Gasteiger partial charge in [-0.15, -0.1) is 0 Å². The van der Waals surface area contributed by atoms with Crippen LogP contribution in [0.2, 0.25) is 0 Å². The molecule has 0 atom stereocenters. The van der Waals surface area contributed by atoms with Crippen molar-refractivity contribution in [3.8, 4) is 5.69 Å². The number of nitrogens with zero attached hydrogens (tertiary/aromatic N) is 3. The first-order chi connectivity index (χ1) is 16.8. The Morgan fingerprint density at radius 3 is 2.43 bits per heavy atom. The summed E-state index contributed by atoms with van der Waals surface area (Å²) in [6, 6.07) is 15.5. The molecule has 35 heavy (non-hydrogen) atoms. The number of carbonyl (C=O) groups excluding carboxylic acids is 2. The molecule has 0 spiro atoms. The molecule has 2 heterocycles. The number of rotatable bonds is 7. The maximum Gasteiger partial charge on any atom is 0.342 e. The number of carbonyl (C=O) groups is 2. The molecule has 0 radical (unpaired) electrons. The first-order valence-corrected chi connectivity index (χ1v) is 12.9. The van der Waals surface area contributed by atoms with Crippen LogP contribution in [-0.2, 0) is 19.6 Å². The van der Waals surface area contributed by atoms with E-state index in [1.165, 1.54) is 16.4 Å². The van der Waals surface area contributed by atoms with Gasteiger partial charge in [0.2, 0.25) is 10.0 Å². The summed E-state index contributed by atoms with van der Waals surface area (Å²) in [5.74, 6) is -1.23. The average Bonchev–Trinajstić information content (AvgIpc) is 3.17. The number of hydrogen-bond acceptors (Lipinski definition) is 6. The van der Waals surface area contributed by atoms with Gasteiger partial charge in [-0.25, -0.2) is 17.9 Å². The van der Waals surface area contributed by atoms with Gasteiger partial charge in [-0.3, -0.25) is 4.79 Å². The molecule has 0 unspecified atom stereocenters. The summed E-state index contributed by atoms with van der Waals surface area (Å²) < 4.78 is 34.2. The van der Waals surface area contributed by atoms with Crippen LogP contribution in [0.15, 0.2) is 59.5 Å². The Labute approximate surface area is 204 Å². The smallest absolute Gasteiger partial charge is 0.342 e. The van der Waals surface area contributed by atoms with E-state index in [4.69, 9.17) is 4.74 Å². The lowest BCUT2D eigenvalue weighted by Gasteiger charge is -2.26. The van der Waals surface area contributed by atoms with Crippen LogP contribution in [0, 0.1) is 13.8 Å². The number of aryl methyl sites for hydroxylation is 1. The zero-order chi connectivity index (χ0) is 25.0. The molecular formula is C25H28N4O5S. The Morgan fingerprint density at radius 1 is 1.00 bits per heavy atom. The lowest BCUT2D eigenvalue weighted by Crippen LogP contribution is -2.35. The second-order valence-corrected chi connectivity index (χ2v) is 10.3. The molecule has 9 nitrogen and oxygen atoms in total. The zero-order valence-electron chi connectivity index (χ0n) is 19.7. The van der Waals surface area contributed by atoms with Gasteiger partial charge in [0.1, 0.15) is 5.56 Å². The molecule has 1 aromatic heterocycles. The maximum atomic E-state index is 12.9. The van der Waals surface area contributed by atoms with Gasteiger partial charge in [0.25, 0.3) is 5.91 Å². The van der Waals surface area contributed by atoms with E-state index >= 15 is 0 Å². The standard InChI is InChI=1S/C25H28N4O5S/c1-18-24(19(2)29(27-18)21-11-5-3-6-12-21)25(31)34-17-23(30)26-20-10-9-13-22(16-20)35(32,33)28-14-7-4-8-15-28/h3,5-6,9-13,16H,4,7-8,14-15,17H2,1-2H3,(H,26,30). The van der Waals surface area contributed by atoms with Crippen molar-refractivity contribution in [1.29, 1.82) is 0 Å². The molecule has 1 saturated heterocycles. The molecular weight excluding hydrogens is 468 g/mol. The molecule has 1 aliphatic heterocycles. The van der Waals surface area contributed by atoms with Gasteiger partial charge in [-0.05, 0) is 57.0 Å². The Morgan fingerprint density at radius 2 is 1.71 bits per heavy atom. The van der Waals surface area contributed by atoms with Crippen LogP contribution < -0.4 is 5.32 Å². The van der Waals surface area contributed by atoms with Crippen LogP contribution >= 0.6 is 0 Å². The minimum Gasteiger partial charge on any atom is -0.452 e. The van der Waals surface area contributed by atoms with Gasteiger partial charge in [-0.2, -0.15) is 9.40 Å². The van der Waals surface area contributed by atoms with Crippen LogP contribution in [0.4, 0.5) is 5.69 Å². The van der Waals surface area contributed by atoms with Gasteiger partial charge in [0.05, 0.1) is 22.0 Å². The van der Waals surface area contributed by atoms with E-state index in [9.17, 15) is 18.0 Å². The van der Waals surface area contributed by atoms with Crippen molar-refractivity contribution < 1.29 is 22.7 Å². The molecule has 0 aliphatic carbocycles. The monoisotopic (exact) mass is 496 g/mol.